The number of carbonyl (C=O) groups is 2. The molecular formula is C31H37Cl2N3O4S. The fourth-order valence-electron chi connectivity index (χ4n) is 4.32. The summed E-state index contributed by atoms with van der Waals surface area (Å²) in [5, 5.41) is 3.64. The fourth-order valence-corrected chi connectivity index (χ4v) is 5.49. The molecule has 2 amide bonds. The number of nitrogens with one attached hydrogen (secondary N) is 1. The van der Waals surface area contributed by atoms with Gasteiger partial charge >= 0.3 is 0 Å². The first-order valence-electron chi connectivity index (χ1n) is 13.5. The van der Waals surface area contributed by atoms with Crippen molar-refractivity contribution >= 4 is 50.7 Å². The van der Waals surface area contributed by atoms with E-state index in [9.17, 15) is 18.0 Å². The second kappa shape index (κ2) is 14.7. The SMILES string of the molecule is CCc1ccc(N(CC(=O)N(Cc2ccc(Cl)c(Cl)c2)[C@H](Cc2ccccc2)C(=O)NCC(C)C)S(C)(=O)=O)cc1. The standard InChI is InChI=1S/C31H37Cl2N3O4S/c1-5-23-11-14-26(15-12-23)36(41(4,39)40)21-30(37)35(20-25-13-16-27(32)28(33)17-25)29(31(38)34-19-22(2)3)18-24-9-7-6-8-10-24/h6-17,22,29H,5,18-21H2,1-4H3,(H,34,38)/t29-/m1/s1. The lowest BCUT2D eigenvalue weighted by molar-refractivity contribution is -0.140. The Labute approximate surface area is 253 Å². The highest BCUT2D eigenvalue weighted by molar-refractivity contribution is 7.92. The van der Waals surface area contributed by atoms with Gasteiger partial charge in [-0.25, -0.2) is 8.42 Å². The van der Waals surface area contributed by atoms with Crippen molar-refractivity contribution in [2.24, 2.45) is 5.92 Å². The van der Waals surface area contributed by atoms with Crippen molar-refractivity contribution in [1.29, 1.82) is 0 Å². The van der Waals surface area contributed by atoms with Crippen LogP contribution < -0.4 is 9.62 Å². The quantitative estimate of drug-likeness (QED) is 0.265. The lowest BCUT2D eigenvalue weighted by Crippen LogP contribution is -2.53. The average Bonchev–Trinajstić information content (AvgIpc) is 2.94. The number of hydrogen-bond donors (Lipinski definition) is 1. The zero-order valence-electron chi connectivity index (χ0n) is 23.8. The minimum absolute atomic E-state index is 0.0225. The van der Waals surface area contributed by atoms with Gasteiger partial charge in [-0.1, -0.05) is 92.5 Å². The average molecular weight is 619 g/mol. The highest BCUT2D eigenvalue weighted by atomic mass is 35.5. The third kappa shape index (κ3) is 9.48. The molecule has 0 aliphatic heterocycles. The maximum absolute atomic E-state index is 14.1. The van der Waals surface area contributed by atoms with Crippen molar-refractivity contribution in [3.63, 3.8) is 0 Å². The molecule has 1 N–H and O–H groups in total. The number of hydrogen-bond acceptors (Lipinski definition) is 4. The molecule has 3 aromatic carbocycles. The van der Waals surface area contributed by atoms with Crippen LogP contribution in [0.5, 0.6) is 0 Å². The van der Waals surface area contributed by atoms with E-state index in [1.807, 2.05) is 63.2 Å². The molecule has 0 aliphatic carbocycles. The molecule has 0 aliphatic rings. The Hall–Kier alpha value is -3.07. The van der Waals surface area contributed by atoms with Gasteiger partial charge in [-0.2, -0.15) is 0 Å². The fraction of sp³-hybridized carbons (Fsp3) is 0.355. The minimum Gasteiger partial charge on any atom is -0.354 e. The first kappa shape index (κ1) is 32.4. The first-order valence-corrected chi connectivity index (χ1v) is 16.1. The largest absolute Gasteiger partial charge is 0.354 e. The smallest absolute Gasteiger partial charge is 0.244 e. The van der Waals surface area contributed by atoms with Gasteiger partial charge in [0.2, 0.25) is 21.8 Å². The van der Waals surface area contributed by atoms with Gasteiger partial charge < -0.3 is 10.2 Å². The van der Waals surface area contributed by atoms with E-state index in [1.165, 1.54) is 4.90 Å². The summed E-state index contributed by atoms with van der Waals surface area (Å²) < 4.78 is 26.9. The van der Waals surface area contributed by atoms with E-state index in [0.717, 1.165) is 28.1 Å². The number of nitrogens with zero attached hydrogens (tertiary/aromatic N) is 2. The van der Waals surface area contributed by atoms with Crippen LogP contribution in [0.1, 0.15) is 37.5 Å². The van der Waals surface area contributed by atoms with Crippen LogP contribution in [0.3, 0.4) is 0 Å². The summed E-state index contributed by atoms with van der Waals surface area (Å²) in [6.07, 6.45) is 2.10. The Morgan fingerprint density at radius 2 is 1.51 bits per heavy atom. The van der Waals surface area contributed by atoms with Crippen molar-refractivity contribution < 1.29 is 18.0 Å². The molecule has 3 rings (SSSR count). The summed E-state index contributed by atoms with van der Waals surface area (Å²) in [4.78, 5) is 29.2. The molecule has 0 heterocycles. The van der Waals surface area contributed by atoms with E-state index in [1.54, 1.807) is 30.3 Å². The molecule has 220 valence electrons. The summed E-state index contributed by atoms with van der Waals surface area (Å²) in [5.74, 6) is -0.654. The second-order valence-corrected chi connectivity index (χ2v) is 13.1. The number of benzene rings is 3. The molecule has 3 aromatic rings. The van der Waals surface area contributed by atoms with Crippen LogP contribution in [0.15, 0.2) is 72.8 Å². The number of rotatable bonds is 13. The highest BCUT2D eigenvalue weighted by Crippen LogP contribution is 2.25. The molecule has 0 saturated heterocycles. The van der Waals surface area contributed by atoms with Gasteiger partial charge in [0.1, 0.15) is 12.6 Å². The van der Waals surface area contributed by atoms with Gasteiger partial charge in [0, 0.05) is 19.5 Å². The molecule has 0 unspecified atom stereocenters. The topological polar surface area (TPSA) is 86.8 Å². The van der Waals surface area contributed by atoms with Crippen LogP contribution in [0.25, 0.3) is 0 Å². The zero-order valence-corrected chi connectivity index (χ0v) is 26.1. The monoisotopic (exact) mass is 617 g/mol. The molecule has 0 fully saturated rings. The van der Waals surface area contributed by atoms with E-state index in [2.05, 4.69) is 5.32 Å². The van der Waals surface area contributed by atoms with Crippen molar-refractivity contribution in [1.82, 2.24) is 10.2 Å². The molecular weight excluding hydrogens is 581 g/mol. The molecule has 10 heteroatoms. The Morgan fingerprint density at radius 1 is 0.878 bits per heavy atom. The molecule has 7 nitrogen and oxygen atoms in total. The summed E-state index contributed by atoms with van der Waals surface area (Å²) in [6.45, 7) is 5.95. The number of carbonyl (C=O) groups excluding carboxylic acids is 2. The van der Waals surface area contributed by atoms with Crippen LogP contribution in [0, 0.1) is 5.92 Å². The Morgan fingerprint density at radius 3 is 2.07 bits per heavy atom. The summed E-state index contributed by atoms with van der Waals surface area (Å²) in [5.41, 5.74) is 2.93. The molecule has 1 atom stereocenters. The number of halogens is 2. The third-order valence-corrected chi connectivity index (χ3v) is 8.48. The second-order valence-electron chi connectivity index (χ2n) is 10.4. The van der Waals surface area contributed by atoms with Crippen molar-refractivity contribution in [3.05, 3.63) is 99.5 Å². The van der Waals surface area contributed by atoms with Gasteiger partial charge in [-0.3, -0.25) is 13.9 Å². The molecule has 0 saturated carbocycles. The summed E-state index contributed by atoms with van der Waals surface area (Å²) in [6, 6.07) is 20.5. The van der Waals surface area contributed by atoms with E-state index >= 15 is 0 Å². The molecule has 0 aromatic heterocycles. The summed E-state index contributed by atoms with van der Waals surface area (Å²) >= 11 is 12.4. The van der Waals surface area contributed by atoms with Crippen LogP contribution in [-0.2, 0) is 39.0 Å². The maximum atomic E-state index is 14.1. The van der Waals surface area contributed by atoms with Gasteiger partial charge in [-0.05, 0) is 53.3 Å². The molecule has 0 radical (unpaired) electrons. The van der Waals surface area contributed by atoms with Crippen molar-refractivity contribution in [2.45, 2.75) is 46.2 Å². The van der Waals surface area contributed by atoms with Crippen LogP contribution >= 0.6 is 23.2 Å². The predicted octanol–water partition coefficient (Wildman–Crippen LogP) is 5.73. The highest BCUT2D eigenvalue weighted by Gasteiger charge is 2.33. The Kier molecular flexibility index (Phi) is 11.6. The molecule has 41 heavy (non-hydrogen) atoms. The minimum atomic E-state index is -3.83. The van der Waals surface area contributed by atoms with Gasteiger partial charge in [-0.15, -0.1) is 0 Å². The number of sulfonamides is 1. The van der Waals surface area contributed by atoms with E-state index in [0.29, 0.717) is 27.8 Å². The molecule has 0 bridgehead atoms. The first-order chi connectivity index (χ1) is 19.4. The van der Waals surface area contributed by atoms with Gasteiger partial charge in [0.15, 0.2) is 0 Å². The van der Waals surface area contributed by atoms with Crippen LogP contribution in [-0.4, -0.2) is 50.5 Å². The number of amides is 2. The number of aryl methyl sites for hydroxylation is 1. The van der Waals surface area contributed by atoms with Crippen molar-refractivity contribution in [2.75, 3.05) is 23.7 Å². The van der Waals surface area contributed by atoms with Crippen LogP contribution in [0.4, 0.5) is 5.69 Å². The van der Waals surface area contributed by atoms with E-state index in [4.69, 9.17) is 23.2 Å². The molecule has 0 spiro atoms. The van der Waals surface area contributed by atoms with E-state index < -0.39 is 28.5 Å². The Bertz CT molecular complexity index is 1430. The predicted molar refractivity (Wildman–Crippen MR) is 167 cm³/mol. The van der Waals surface area contributed by atoms with Crippen LogP contribution in [0.2, 0.25) is 10.0 Å². The number of anilines is 1. The normalized spacial score (nSPS) is 12.2. The van der Waals surface area contributed by atoms with Gasteiger partial charge in [0.25, 0.3) is 0 Å². The Balaban J connectivity index is 2.05. The lowest BCUT2D eigenvalue weighted by Gasteiger charge is -2.33. The maximum Gasteiger partial charge on any atom is 0.244 e. The third-order valence-electron chi connectivity index (χ3n) is 6.60. The lowest BCUT2D eigenvalue weighted by atomic mass is 10.0. The van der Waals surface area contributed by atoms with E-state index in [-0.39, 0.29) is 24.8 Å². The summed E-state index contributed by atoms with van der Waals surface area (Å²) in [7, 11) is -3.83. The van der Waals surface area contributed by atoms with Gasteiger partial charge in [0.05, 0.1) is 22.0 Å². The zero-order chi connectivity index (χ0) is 30.2. The van der Waals surface area contributed by atoms with Crippen molar-refractivity contribution in [3.8, 4) is 0 Å².